The fraction of sp³-hybridized carbons (Fsp3) is 0.556. The van der Waals surface area contributed by atoms with Crippen molar-refractivity contribution < 1.29 is 8.42 Å². The number of hydrogen-bond donors (Lipinski definition) is 2. The van der Waals surface area contributed by atoms with Crippen LogP contribution in [0.3, 0.4) is 0 Å². The van der Waals surface area contributed by atoms with Crippen molar-refractivity contribution in [2.75, 3.05) is 6.54 Å². The minimum Gasteiger partial charge on any atom is -0.324 e. The van der Waals surface area contributed by atoms with Crippen LogP contribution in [0.5, 0.6) is 0 Å². The fourth-order valence-corrected chi connectivity index (χ4v) is 3.67. The number of rotatable bonds is 4. The smallest absolute Gasteiger partial charge is 0.250 e. The molecule has 0 amide bonds. The Labute approximate surface area is 107 Å². The molecule has 4 nitrogen and oxygen atoms in total. The zero-order valence-corrected chi connectivity index (χ0v) is 11.9. The van der Waals surface area contributed by atoms with E-state index in [4.69, 9.17) is 5.73 Å². The first kappa shape index (κ1) is 15.9. The predicted molar refractivity (Wildman–Crippen MR) is 69.8 cm³/mol. The SMILES string of the molecule is Cc1ccsc1S(=O)(=O)NCC(C)(C)N.Cl. The molecule has 3 N–H and O–H groups in total. The summed E-state index contributed by atoms with van der Waals surface area (Å²) in [5.41, 5.74) is 5.93. The van der Waals surface area contributed by atoms with Crippen molar-refractivity contribution in [1.29, 1.82) is 0 Å². The number of nitrogens with one attached hydrogen (secondary N) is 1. The molecule has 1 aromatic rings. The maximum Gasteiger partial charge on any atom is 0.250 e. The molecule has 0 saturated carbocycles. The number of nitrogens with two attached hydrogens (primary N) is 1. The summed E-state index contributed by atoms with van der Waals surface area (Å²) in [5, 5.41) is 1.76. The molecule has 0 radical (unpaired) electrons. The minimum absolute atomic E-state index is 0. The summed E-state index contributed by atoms with van der Waals surface area (Å²) in [6, 6.07) is 1.78. The summed E-state index contributed by atoms with van der Waals surface area (Å²) in [6.07, 6.45) is 0. The third-order valence-corrected chi connectivity index (χ3v) is 4.87. The Kier molecular flexibility index (Phi) is 5.41. The molecule has 94 valence electrons. The van der Waals surface area contributed by atoms with Crippen LogP contribution in [-0.4, -0.2) is 20.5 Å². The second-order valence-electron chi connectivity index (χ2n) is 4.20. The number of hydrogen-bond acceptors (Lipinski definition) is 4. The van der Waals surface area contributed by atoms with E-state index in [1.165, 1.54) is 11.3 Å². The number of aryl methyl sites for hydroxylation is 1. The van der Waals surface area contributed by atoms with Gasteiger partial charge >= 0.3 is 0 Å². The largest absolute Gasteiger partial charge is 0.324 e. The molecule has 0 atom stereocenters. The van der Waals surface area contributed by atoms with Gasteiger partial charge < -0.3 is 5.73 Å². The van der Waals surface area contributed by atoms with E-state index >= 15 is 0 Å². The lowest BCUT2D eigenvalue weighted by atomic mass is 10.1. The molecule has 1 aromatic heterocycles. The number of halogens is 1. The summed E-state index contributed by atoms with van der Waals surface area (Å²) < 4.78 is 26.5. The van der Waals surface area contributed by atoms with Crippen LogP contribution >= 0.6 is 23.7 Å². The number of sulfonamides is 1. The van der Waals surface area contributed by atoms with Crippen LogP contribution in [0.25, 0.3) is 0 Å². The molecular formula is C9H17ClN2O2S2. The highest BCUT2D eigenvalue weighted by atomic mass is 35.5. The summed E-state index contributed by atoms with van der Waals surface area (Å²) in [4.78, 5) is 0. The van der Waals surface area contributed by atoms with Crippen molar-refractivity contribution in [3.05, 3.63) is 17.0 Å². The first-order chi connectivity index (χ1) is 6.72. The lowest BCUT2D eigenvalue weighted by Gasteiger charge is -2.18. The van der Waals surface area contributed by atoms with Gasteiger partial charge in [-0.1, -0.05) is 0 Å². The second kappa shape index (κ2) is 5.46. The molecule has 0 aliphatic heterocycles. The Balaban J connectivity index is 0.00000225. The van der Waals surface area contributed by atoms with Gasteiger partial charge in [0.2, 0.25) is 10.0 Å². The van der Waals surface area contributed by atoms with Crippen LogP contribution in [0.2, 0.25) is 0 Å². The maximum atomic E-state index is 11.8. The van der Waals surface area contributed by atoms with Gasteiger partial charge in [0.25, 0.3) is 0 Å². The maximum absolute atomic E-state index is 11.8. The Morgan fingerprint density at radius 2 is 2.06 bits per heavy atom. The van der Waals surface area contributed by atoms with Crippen LogP contribution in [0.15, 0.2) is 15.7 Å². The molecule has 0 saturated heterocycles. The Morgan fingerprint density at radius 1 is 1.50 bits per heavy atom. The summed E-state index contributed by atoms with van der Waals surface area (Å²) in [5.74, 6) is 0. The molecule has 1 rings (SSSR count). The molecule has 0 fully saturated rings. The van der Waals surface area contributed by atoms with Crippen LogP contribution in [-0.2, 0) is 10.0 Å². The normalized spacial score (nSPS) is 12.2. The van der Waals surface area contributed by atoms with Gasteiger partial charge in [-0.2, -0.15) is 0 Å². The molecule has 0 aliphatic carbocycles. The van der Waals surface area contributed by atoms with Gasteiger partial charge in [-0.3, -0.25) is 0 Å². The third kappa shape index (κ3) is 4.39. The van der Waals surface area contributed by atoms with Gasteiger partial charge in [0.15, 0.2) is 0 Å². The van der Waals surface area contributed by atoms with Gasteiger partial charge in [-0.15, -0.1) is 23.7 Å². The van der Waals surface area contributed by atoms with Gasteiger partial charge in [0, 0.05) is 12.1 Å². The van der Waals surface area contributed by atoms with Crippen LogP contribution < -0.4 is 10.5 Å². The van der Waals surface area contributed by atoms with E-state index in [-0.39, 0.29) is 19.0 Å². The first-order valence-electron chi connectivity index (χ1n) is 4.55. The molecule has 0 unspecified atom stereocenters. The summed E-state index contributed by atoms with van der Waals surface area (Å²) in [6.45, 7) is 5.55. The Hall–Kier alpha value is -0.140. The Morgan fingerprint density at radius 3 is 2.44 bits per heavy atom. The molecule has 0 aliphatic rings. The van der Waals surface area contributed by atoms with Gasteiger partial charge in [0.05, 0.1) is 0 Å². The summed E-state index contributed by atoms with van der Waals surface area (Å²) in [7, 11) is -3.39. The van der Waals surface area contributed by atoms with E-state index in [0.717, 1.165) is 5.56 Å². The average Bonchev–Trinajstić information content (AvgIpc) is 2.47. The Bertz CT molecular complexity index is 435. The van der Waals surface area contributed by atoms with E-state index in [9.17, 15) is 8.42 Å². The minimum atomic E-state index is -3.39. The van der Waals surface area contributed by atoms with Gasteiger partial charge in [-0.05, 0) is 37.8 Å². The van der Waals surface area contributed by atoms with Crippen molar-refractivity contribution in [1.82, 2.24) is 4.72 Å². The topological polar surface area (TPSA) is 72.2 Å². The van der Waals surface area contributed by atoms with E-state index in [1.54, 1.807) is 32.2 Å². The highest BCUT2D eigenvalue weighted by Crippen LogP contribution is 2.21. The molecule has 7 heteroatoms. The molecule has 0 spiro atoms. The van der Waals surface area contributed by atoms with Crippen LogP contribution in [0, 0.1) is 6.92 Å². The van der Waals surface area contributed by atoms with Crippen LogP contribution in [0.4, 0.5) is 0 Å². The van der Waals surface area contributed by atoms with Gasteiger partial charge in [-0.25, -0.2) is 13.1 Å². The molecule has 0 aromatic carbocycles. The lowest BCUT2D eigenvalue weighted by molar-refractivity contribution is 0.498. The second-order valence-corrected chi connectivity index (χ2v) is 7.08. The fourth-order valence-electron chi connectivity index (χ4n) is 0.981. The molecule has 1 heterocycles. The standard InChI is InChI=1S/C9H16N2O2S2.ClH/c1-7-4-5-14-8(7)15(12,13)11-6-9(2,3)10;/h4-5,11H,6,10H2,1-3H3;1H. The van der Waals surface area contributed by atoms with E-state index < -0.39 is 15.6 Å². The quantitative estimate of drug-likeness (QED) is 0.880. The third-order valence-electron chi connectivity index (χ3n) is 1.78. The average molecular weight is 285 g/mol. The van der Waals surface area contributed by atoms with Crippen molar-refractivity contribution >= 4 is 33.8 Å². The van der Waals surface area contributed by atoms with E-state index in [1.807, 2.05) is 0 Å². The lowest BCUT2D eigenvalue weighted by Crippen LogP contribution is -2.44. The number of thiophene rings is 1. The summed E-state index contributed by atoms with van der Waals surface area (Å²) >= 11 is 1.22. The van der Waals surface area contributed by atoms with Crippen molar-refractivity contribution in [3.63, 3.8) is 0 Å². The molecule has 16 heavy (non-hydrogen) atoms. The predicted octanol–water partition coefficient (Wildman–Crippen LogP) is 1.49. The van der Waals surface area contributed by atoms with Crippen LogP contribution in [0.1, 0.15) is 19.4 Å². The van der Waals surface area contributed by atoms with Crippen molar-refractivity contribution in [2.45, 2.75) is 30.5 Å². The van der Waals surface area contributed by atoms with E-state index in [0.29, 0.717) is 4.21 Å². The zero-order chi connectivity index (χ0) is 11.7. The molecular weight excluding hydrogens is 268 g/mol. The molecule has 0 bridgehead atoms. The van der Waals surface area contributed by atoms with Crippen molar-refractivity contribution in [3.8, 4) is 0 Å². The highest BCUT2D eigenvalue weighted by molar-refractivity contribution is 7.91. The highest BCUT2D eigenvalue weighted by Gasteiger charge is 2.21. The zero-order valence-electron chi connectivity index (χ0n) is 9.48. The van der Waals surface area contributed by atoms with Crippen molar-refractivity contribution in [2.24, 2.45) is 5.73 Å². The van der Waals surface area contributed by atoms with Gasteiger partial charge in [0.1, 0.15) is 4.21 Å². The monoisotopic (exact) mass is 284 g/mol. The first-order valence-corrected chi connectivity index (χ1v) is 6.91. The van der Waals surface area contributed by atoms with E-state index in [2.05, 4.69) is 4.72 Å².